The molecule has 0 atom stereocenters. The Kier molecular flexibility index (Phi) is 23.7. The highest BCUT2D eigenvalue weighted by Crippen LogP contribution is 2.12. The minimum absolute atomic E-state index is 0.723. The van der Waals surface area contributed by atoms with Crippen LogP contribution in [-0.4, -0.2) is 45.8 Å². The van der Waals surface area contributed by atoms with Crippen LogP contribution in [0.5, 0.6) is 0 Å². The summed E-state index contributed by atoms with van der Waals surface area (Å²) in [6.07, 6.45) is 18.6. The average Bonchev–Trinajstić information content (AvgIpc) is 2.63. The number of unbranched alkanes of at least 4 members (excludes halogenated alkanes) is 12. The first-order valence-electron chi connectivity index (χ1n) is 11.2. The van der Waals surface area contributed by atoms with E-state index in [4.69, 9.17) is 5.73 Å². The van der Waals surface area contributed by atoms with Crippen molar-refractivity contribution >= 4 is 0 Å². The van der Waals surface area contributed by atoms with E-state index in [-0.39, 0.29) is 0 Å². The van der Waals surface area contributed by atoms with Crippen LogP contribution in [0.3, 0.4) is 0 Å². The molecule has 0 saturated heterocycles. The Morgan fingerprint density at radius 2 is 0.800 bits per heavy atom. The van der Waals surface area contributed by atoms with E-state index in [1.807, 2.05) is 0 Å². The van der Waals surface area contributed by atoms with Crippen LogP contribution < -0.4 is 21.7 Å². The van der Waals surface area contributed by atoms with Gasteiger partial charge in [-0.05, 0) is 13.0 Å². The lowest BCUT2D eigenvalue weighted by molar-refractivity contribution is 0.528. The Hall–Kier alpha value is -0.160. The van der Waals surface area contributed by atoms with E-state index in [2.05, 4.69) is 22.9 Å². The highest BCUT2D eigenvalue weighted by Gasteiger charge is 1.94. The molecular formula is C21H48N4. The van der Waals surface area contributed by atoms with Crippen LogP contribution in [0.25, 0.3) is 0 Å². The molecule has 4 heteroatoms. The lowest BCUT2D eigenvalue weighted by Gasteiger charge is -2.07. The zero-order chi connectivity index (χ0) is 18.3. The Bertz CT molecular complexity index is 202. The van der Waals surface area contributed by atoms with Gasteiger partial charge in [0.05, 0.1) is 0 Å². The van der Waals surface area contributed by atoms with Gasteiger partial charge in [0.15, 0.2) is 0 Å². The van der Waals surface area contributed by atoms with Crippen LogP contribution in [0.4, 0.5) is 0 Å². The molecule has 0 fully saturated rings. The van der Waals surface area contributed by atoms with Gasteiger partial charge in [-0.3, -0.25) is 0 Å². The first-order valence-corrected chi connectivity index (χ1v) is 11.2. The molecule has 0 aromatic carbocycles. The predicted molar refractivity (Wildman–Crippen MR) is 113 cm³/mol. The van der Waals surface area contributed by atoms with Crippen LogP contribution in [0.15, 0.2) is 0 Å². The Morgan fingerprint density at radius 3 is 1.24 bits per heavy atom. The highest BCUT2D eigenvalue weighted by molar-refractivity contribution is 4.56. The summed E-state index contributed by atoms with van der Waals surface area (Å²) in [5.41, 5.74) is 5.42. The molecule has 4 nitrogen and oxygen atoms in total. The minimum Gasteiger partial charge on any atom is -0.329 e. The number of nitrogens with one attached hydrogen (secondary N) is 3. The fourth-order valence-corrected chi connectivity index (χ4v) is 3.10. The van der Waals surface area contributed by atoms with Crippen LogP contribution in [0.1, 0.15) is 90.4 Å². The fraction of sp³-hybridized carbons (Fsp3) is 1.00. The summed E-state index contributed by atoms with van der Waals surface area (Å²) < 4.78 is 0. The van der Waals surface area contributed by atoms with Gasteiger partial charge in [-0.15, -0.1) is 0 Å². The Labute approximate surface area is 158 Å². The van der Waals surface area contributed by atoms with Crippen molar-refractivity contribution in [2.24, 2.45) is 5.73 Å². The zero-order valence-electron chi connectivity index (χ0n) is 17.2. The summed E-state index contributed by atoms with van der Waals surface area (Å²) in [7, 11) is 0. The lowest BCUT2D eigenvalue weighted by atomic mass is 10.0. The minimum atomic E-state index is 0.723. The molecule has 0 aliphatic rings. The first kappa shape index (κ1) is 24.8. The molecule has 0 heterocycles. The summed E-state index contributed by atoms with van der Waals surface area (Å²) in [5.74, 6) is 0. The molecule has 0 amide bonds. The second kappa shape index (κ2) is 23.8. The van der Waals surface area contributed by atoms with Crippen LogP contribution in [-0.2, 0) is 0 Å². The van der Waals surface area contributed by atoms with E-state index < -0.39 is 0 Å². The second-order valence-electron chi connectivity index (χ2n) is 7.28. The molecule has 25 heavy (non-hydrogen) atoms. The van der Waals surface area contributed by atoms with Crippen LogP contribution in [0.2, 0.25) is 0 Å². The Balaban J connectivity index is 2.94. The molecule has 0 aliphatic carbocycles. The molecule has 0 aliphatic heterocycles. The monoisotopic (exact) mass is 356 g/mol. The second-order valence-corrected chi connectivity index (χ2v) is 7.28. The SMILES string of the molecule is CCCCCCCCCCCCCCCNCCNCCNCCN. The summed E-state index contributed by atoms with van der Waals surface area (Å²) in [6, 6.07) is 0. The topological polar surface area (TPSA) is 62.1 Å². The van der Waals surface area contributed by atoms with Crippen LogP contribution in [0, 0.1) is 0 Å². The van der Waals surface area contributed by atoms with Gasteiger partial charge in [-0.1, -0.05) is 84.0 Å². The third kappa shape index (κ3) is 23.8. The molecule has 152 valence electrons. The standard InChI is InChI=1S/C21H48N4/c1-2-3-4-5-6-7-8-9-10-11-12-13-14-16-23-18-20-25-21-19-24-17-15-22/h23-25H,2-22H2,1H3. The van der Waals surface area contributed by atoms with Crippen molar-refractivity contribution in [1.82, 2.24) is 16.0 Å². The van der Waals surface area contributed by atoms with Crippen molar-refractivity contribution in [3.05, 3.63) is 0 Å². The van der Waals surface area contributed by atoms with Crippen molar-refractivity contribution in [3.8, 4) is 0 Å². The molecule has 0 spiro atoms. The van der Waals surface area contributed by atoms with Gasteiger partial charge in [-0.25, -0.2) is 0 Å². The molecule has 0 saturated carbocycles. The lowest BCUT2D eigenvalue weighted by Crippen LogP contribution is -2.34. The molecule has 0 bridgehead atoms. The van der Waals surface area contributed by atoms with Crippen LogP contribution >= 0.6 is 0 Å². The summed E-state index contributed by atoms with van der Waals surface area (Å²) in [6.45, 7) is 9.28. The van der Waals surface area contributed by atoms with Gasteiger partial charge in [0.25, 0.3) is 0 Å². The number of rotatable bonds is 22. The summed E-state index contributed by atoms with van der Waals surface area (Å²) in [5, 5.41) is 10.2. The van der Waals surface area contributed by atoms with E-state index in [0.717, 1.165) is 39.3 Å². The molecule has 0 unspecified atom stereocenters. The maximum Gasteiger partial charge on any atom is 0.00772 e. The third-order valence-corrected chi connectivity index (χ3v) is 4.74. The molecular weight excluding hydrogens is 308 g/mol. The van der Waals surface area contributed by atoms with E-state index in [1.165, 1.54) is 90.0 Å². The summed E-state index contributed by atoms with van der Waals surface area (Å²) >= 11 is 0. The Morgan fingerprint density at radius 1 is 0.440 bits per heavy atom. The van der Waals surface area contributed by atoms with Gasteiger partial charge in [0, 0.05) is 39.3 Å². The quantitative estimate of drug-likeness (QED) is 0.223. The number of nitrogens with two attached hydrogens (primary N) is 1. The van der Waals surface area contributed by atoms with Gasteiger partial charge in [0.2, 0.25) is 0 Å². The molecule has 5 N–H and O–H groups in total. The smallest absolute Gasteiger partial charge is 0.00772 e. The maximum absolute atomic E-state index is 5.42. The van der Waals surface area contributed by atoms with E-state index in [9.17, 15) is 0 Å². The largest absolute Gasteiger partial charge is 0.329 e. The maximum atomic E-state index is 5.42. The van der Waals surface area contributed by atoms with E-state index in [1.54, 1.807) is 0 Å². The van der Waals surface area contributed by atoms with Crippen molar-refractivity contribution in [2.75, 3.05) is 45.8 Å². The molecule has 0 aromatic heterocycles. The van der Waals surface area contributed by atoms with Gasteiger partial charge >= 0.3 is 0 Å². The van der Waals surface area contributed by atoms with Gasteiger partial charge in [0.1, 0.15) is 0 Å². The normalized spacial score (nSPS) is 11.3. The molecule has 0 rings (SSSR count). The van der Waals surface area contributed by atoms with E-state index in [0.29, 0.717) is 0 Å². The number of hydrogen-bond acceptors (Lipinski definition) is 4. The van der Waals surface area contributed by atoms with Crippen molar-refractivity contribution in [3.63, 3.8) is 0 Å². The third-order valence-electron chi connectivity index (χ3n) is 4.74. The molecule has 0 radical (unpaired) electrons. The predicted octanol–water partition coefficient (Wildman–Crippen LogP) is 3.81. The highest BCUT2D eigenvalue weighted by atomic mass is 15.0. The summed E-state index contributed by atoms with van der Waals surface area (Å²) in [4.78, 5) is 0. The molecule has 0 aromatic rings. The van der Waals surface area contributed by atoms with Crippen molar-refractivity contribution in [1.29, 1.82) is 0 Å². The zero-order valence-corrected chi connectivity index (χ0v) is 17.2. The average molecular weight is 357 g/mol. The van der Waals surface area contributed by atoms with Crippen molar-refractivity contribution in [2.45, 2.75) is 90.4 Å². The first-order chi connectivity index (χ1) is 12.4. The number of hydrogen-bond donors (Lipinski definition) is 4. The fourth-order valence-electron chi connectivity index (χ4n) is 3.10. The van der Waals surface area contributed by atoms with Gasteiger partial charge < -0.3 is 21.7 Å². The van der Waals surface area contributed by atoms with Crippen molar-refractivity contribution < 1.29 is 0 Å². The van der Waals surface area contributed by atoms with E-state index >= 15 is 0 Å². The van der Waals surface area contributed by atoms with Gasteiger partial charge in [-0.2, -0.15) is 0 Å².